The normalized spacial score (nSPS) is 17.2. The van der Waals surface area contributed by atoms with Crippen molar-refractivity contribution in [1.82, 2.24) is 5.32 Å². The molecule has 0 aliphatic heterocycles. The summed E-state index contributed by atoms with van der Waals surface area (Å²) in [7, 11) is 0. The molecule has 3 aromatic rings. The Balaban J connectivity index is 1.50. The number of hydrogen-bond donors (Lipinski definition) is 4. The van der Waals surface area contributed by atoms with Crippen LogP contribution in [0.1, 0.15) is 55.9 Å². The van der Waals surface area contributed by atoms with Crippen molar-refractivity contribution in [2.75, 3.05) is 0 Å². The number of nitrogens with two attached hydrogens (primary N) is 1. The first-order valence-corrected chi connectivity index (χ1v) is 10.3. The molecule has 7 nitrogen and oxygen atoms in total. The largest absolute Gasteiger partial charge is 0.445 e. The van der Waals surface area contributed by atoms with Gasteiger partial charge in [0.15, 0.2) is 5.78 Å². The molecule has 2 atom stereocenters. The summed E-state index contributed by atoms with van der Waals surface area (Å²) >= 11 is 0. The molecule has 0 unspecified atom stereocenters. The fourth-order valence-electron chi connectivity index (χ4n) is 3.80. The summed E-state index contributed by atoms with van der Waals surface area (Å²) < 4.78 is 5.20. The maximum atomic E-state index is 13.1. The van der Waals surface area contributed by atoms with Crippen LogP contribution in [0, 0.1) is 0 Å². The third kappa shape index (κ3) is 4.40. The maximum absolute atomic E-state index is 13.1. The predicted molar refractivity (Wildman–Crippen MR) is 118 cm³/mol. The molecule has 0 bridgehead atoms. The number of carbonyl (C=O) groups is 2. The van der Waals surface area contributed by atoms with Crippen molar-refractivity contribution in [3.63, 3.8) is 0 Å². The van der Waals surface area contributed by atoms with Gasteiger partial charge in [-0.2, -0.15) is 0 Å². The van der Waals surface area contributed by atoms with Crippen molar-refractivity contribution < 1.29 is 24.5 Å². The number of rotatable bonds is 5. The number of alkyl carbamates (subject to hydrolysis) is 1. The van der Waals surface area contributed by atoms with Crippen molar-refractivity contribution in [2.24, 2.45) is 5.73 Å². The molecular formula is C25H24N2O5. The summed E-state index contributed by atoms with van der Waals surface area (Å²) in [5.74, 6) is -0.282. The van der Waals surface area contributed by atoms with E-state index in [9.17, 15) is 19.8 Å². The van der Waals surface area contributed by atoms with E-state index in [1.807, 2.05) is 30.3 Å². The van der Waals surface area contributed by atoms with Gasteiger partial charge in [0.05, 0.1) is 0 Å². The second kappa shape index (κ2) is 9.32. The van der Waals surface area contributed by atoms with E-state index in [-0.39, 0.29) is 25.5 Å². The van der Waals surface area contributed by atoms with E-state index >= 15 is 0 Å². The molecule has 0 fully saturated rings. The minimum atomic E-state index is -1.30. The Morgan fingerprint density at radius 1 is 0.875 bits per heavy atom. The summed E-state index contributed by atoms with van der Waals surface area (Å²) in [5.41, 5.74) is 9.28. The number of benzene rings is 3. The lowest BCUT2D eigenvalue weighted by molar-refractivity contribution is 0.0176. The molecule has 0 saturated carbocycles. The predicted octanol–water partition coefficient (Wildman–Crippen LogP) is 2.88. The molecule has 4 rings (SSSR count). The zero-order valence-electron chi connectivity index (χ0n) is 17.3. The van der Waals surface area contributed by atoms with Crippen LogP contribution in [0.5, 0.6) is 0 Å². The van der Waals surface area contributed by atoms with Gasteiger partial charge in [-0.25, -0.2) is 4.79 Å². The molecule has 1 aliphatic rings. The van der Waals surface area contributed by atoms with E-state index in [0.29, 0.717) is 27.8 Å². The summed E-state index contributed by atoms with van der Waals surface area (Å²) in [4.78, 5) is 25.1. The van der Waals surface area contributed by atoms with Crippen LogP contribution in [0.3, 0.4) is 0 Å². The van der Waals surface area contributed by atoms with Gasteiger partial charge < -0.3 is 26.0 Å². The van der Waals surface area contributed by atoms with Crippen LogP contribution >= 0.6 is 0 Å². The van der Waals surface area contributed by atoms with Gasteiger partial charge in [-0.1, -0.05) is 66.7 Å². The van der Waals surface area contributed by atoms with E-state index in [4.69, 9.17) is 10.5 Å². The number of aliphatic hydroxyl groups is 2. The molecule has 7 heteroatoms. The van der Waals surface area contributed by atoms with Crippen LogP contribution in [0.25, 0.3) is 0 Å². The van der Waals surface area contributed by atoms with Crippen LogP contribution in [0.4, 0.5) is 4.79 Å². The molecule has 0 spiro atoms. The number of nitrogens with one attached hydrogen (secondary N) is 1. The summed E-state index contributed by atoms with van der Waals surface area (Å²) in [6, 6.07) is 19.3. The van der Waals surface area contributed by atoms with Crippen LogP contribution in [-0.2, 0) is 24.4 Å². The van der Waals surface area contributed by atoms with Crippen molar-refractivity contribution in [3.8, 4) is 0 Å². The van der Waals surface area contributed by atoms with Crippen LogP contribution < -0.4 is 11.1 Å². The number of hydrogen-bond acceptors (Lipinski definition) is 6. The maximum Gasteiger partial charge on any atom is 0.407 e. The van der Waals surface area contributed by atoms with Crippen molar-refractivity contribution >= 4 is 11.9 Å². The van der Waals surface area contributed by atoms with E-state index in [2.05, 4.69) is 5.32 Å². The Morgan fingerprint density at radius 3 is 2.09 bits per heavy atom. The lowest BCUT2D eigenvalue weighted by Gasteiger charge is -2.19. The van der Waals surface area contributed by atoms with Gasteiger partial charge in [-0.3, -0.25) is 4.79 Å². The van der Waals surface area contributed by atoms with Gasteiger partial charge in [-0.05, 0) is 27.8 Å². The molecule has 3 aromatic carbocycles. The molecule has 32 heavy (non-hydrogen) atoms. The zero-order chi connectivity index (χ0) is 22.7. The van der Waals surface area contributed by atoms with Crippen LogP contribution in [0.2, 0.25) is 0 Å². The van der Waals surface area contributed by atoms with Crippen LogP contribution in [0.15, 0.2) is 66.7 Å². The smallest absolute Gasteiger partial charge is 0.407 e. The van der Waals surface area contributed by atoms with E-state index < -0.39 is 18.3 Å². The minimum absolute atomic E-state index is 0.141. The van der Waals surface area contributed by atoms with Gasteiger partial charge in [0.1, 0.15) is 18.8 Å². The Kier molecular flexibility index (Phi) is 6.32. The third-order valence-electron chi connectivity index (χ3n) is 5.54. The number of ketones is 1. The minimum Gasteiger partial charge on any atom is -0.445 e. The standard InChI is InChI=1S/C25H24N2O5/c26-12-16-6-8-18-20(10-16)23(29)24(30)21-11-17(7-9-19(21)22(18)28)13-27-25(31)32-14-15-4-2-1-3-5-15/h1-11,23-24,29-30H,12-14,26H2,(H,27,31)/t23-,24-/m0/s1. The van der Waals surface area contributed by atoms with Gasteiger partial charge >= 0.3 is 6.09 Å². The van der Waals surface area contributed by atoms with Crippen LogP contribution in [-0.4, -0.2) is 22.1 Å². The SMILES string of the molecule is NCc1ccc2c(c1)[C@H](O)[C@@H](O)c1cc(CNC(=O)OCc3ccccc3)ccc1C2=O. The molecule has 0 saturated heterocycles. The van der Waals surface area contributed by atoms with E-state index in [0.717, 1.165) is 11.1 Å². The monoisotopic (exact) mass is 432 g/mol. The molecule has 164 valence electrons. The Morgan fingerprint density at radius 2 is 1.47 bits per heavy atom. The number of carbonyl (C=O) groups excluding carboxylic acids is 2. The number of ether oxygens (including phenoxy) is 1. The molecular weight excluding hydrogens is 408 g/mol. The lowest BCUT2D eigenvalue weighted by Crippen LogP contribution is -2.24. The summed E-state index contributed by atoms with van der Waals surface area (Å²) in [6.07, 6.45) is -3.16. The summed E-state index contributed by atoms with van der Waals surface area (Å²) in [5, 5.41) is 24.2. The first-order valence-electron chi connectivity index (χ1n) is 10.3. The fraction of sp³-hybridized carbons (Fsp3) is 0.200. The highest BCUT2D eigenvalue weighted by Gasteiger charge is 2.33. The molecule has 5 N–H and O–H groups in total. The topological polar surface area (TPSA) is 122 Å². The number of fused-ring (bicyclic) bond motifs is 2. The van der Waals surface area contributed by atoms with Crippen molar-refractivity contribution in [3.05, 3.63) is 106 Å². The average Bonchev–Trinajstić information content (AvgIpc) is 2.91. The van der Waals surface area contributed by atoms with Gasteiger partial charge in [-0.15, -0.1) is 0 Å². The molecule has 0 heterocycles. The average molecular weight is 432 g/mol. The quantitative estimate of drug-likeness (QED) is 0.492. The highest BCUT2D eigenvalue weighted by molar-refractivity contribution is 6.11. The first-order chi connectivity index (χ1) is 15.5. The van der Waals surface area contributed by atoms with Gasteiger partial charge in [0, 0.05) is 24.2 Å². The Bertz CT molecular complexity index is 1150. The first kappa shape index (κ1) is 21.7. The number of amides is 1. The molecule has 1 aliphatic carbocycles. The molecule has 1 amide bonds. The van der Waals surface area contributed by atoms with Gasteiger partial charge in [0.25, 0.3) is 0 Å². The lowest BCUT2D eigenvalue weighted by atomic mass is 9.96. The van der Waals surface area contributed by atoms with E-state index in [1.165, 1.54) is 0 Å². The molecule has 0 aromatic heterocycles. The second-order valence-electron chi connectivity index (χ2n) is 7.68. The van der Waals surface area contributed by atoms with E-state index in [1.54, 1.807) is 36.4 Å². The second-order valence-corrected chi connectivity index (χ2v) is 7.68. The highest BCUT2D eigenvalue weighted by Crippen LogP contribution is 2.38. The summed E-state index contributed by atoms with van der Waals surface area (Å²) in [6.45, 7) is 0.551. The third-order valence-corrected chi connectivity index (χ3v) is 5.54. The van der Waals surface area contributed by atoms with Crippen molar-refractivity contribution in [1.29, 1.82) is 0 Å². The Labute approximate surface area is 185 Å². The molecule has 0 radical (unpaired) electrons. The zero-order valence-corrected chi connectivity index (χ0v) is 17.3. The fourth-order valence-corrected chi connectivity index (χ4v) is 3.80. The van der Waals surface area contributed by atoms with Crippen molar-refractivity contribution in [2.45, 2.75) is 31.9 Å². The number of aliphatic hydroxyl groups excluding tert-OH is 2. The van der Waals surface area contributed by atoms with Gasteiger partial charge in [0.2, 0.25) is 0 Å². The highest BCUT2D eigenvalue weighted by atomic mass is 16.5. The Hall–Kier alpha value is -3.52.